The normalized spacial score (nSPS) is 22.3. The number of hydrogen-bond acceptors (Lipinski definition) is 3. The second kappa shape index (κ2) is 6.81. The maximum Gasteiger partial charge on any atom is 0.325 e. The lowest BCUT2D eigenvalue weighted by Gasteiger charge is -2.39. The van der Waals surface area contributed by atoms with Crippen LogP contribution in [-0.4, -0.2) is 46.9 Å². The van der Waals surface area contributed by atoms with Crippen LogP contribution in [0.15, 0.2) is 30.3 Å². The Morgan fingerprint density at radius 1 is 1.26 bits per heavy atom. The summed E-state index contributed by atoms with van der Waals surface area (Å²) in [5.74, 6) is -1.50. The van der Waals surface area contributed by atoms with Crippen LogP contribution in [-0.2, 0) is 9.59 Å². The Kier molecular flexibility index (Phi) is 5.03. The second-order valence-corrected chi connectivity index (χ2v) is 6.29. The molecule has 1 fully saturated rings. The molecule has 0 aromatic heterocycles. The van der Waals surface area contributed by atoms with E-state index in [1.807, 2.05) is 6.07 Å². The lowest BCUT2D eigenvalue weighted by molar-refractivity contribution is -0.144. The number of nitrogens with zero attached hydrogens (tertiary/aromatic N) is 1. The average molecular weight is 318 g/mol. The van der Waals surface area contributed by atoms with Gasteiger partial charge in [0.15, 0.2) is 0 Å². The van der Waals surface area contributed by atoms with Gasteiger partial charge in [0, 0.05) is 18.7 Å². The predicted molar refractivity (Wildman–Crippen MR) is 84.9 cm³/mol. The third-order valence-corrected chi connectivity index (χ3v) is 4.27. The maximum atomic E-state index is 12.5. The molecule has 1 aromatic rings. The molecule has 0 aliphatic carbocycles. The number of hydrogen-bond donors (Lipinski definition) is 2. The molecule has 1 saturated heterocycles. The van der Waals surface area contributed by atoms with E-state index < -0.39 is 17.4 Å². The van der Waals surface area contributed by atoms with Crippen molar-refractivity contribution in [3.05, 3.63) is 35.9 Å². The van der Waals surface area contributed by atoms with Crippen molar-refractivity contribution >= 4 is 17.8 Å². The van der Waals surface area contributed by atoms with E-state index in [1.54, 1.807) is 36.1 Å². The van der Waals surface area contributed by atoms with Gasteiger partial charge in [0.25, 0.3) is 5.91 Å². The van der Waals surface area contributed by atoms with Crippen molar-refractivity contribution in [2.75, 3.05) is 13.1 Å². The zero-order valence-corrected chi connectivity index (χ0v) is 13.4. The first-order chi connectivity index (χ1) is 10.8. The first-order valence-corrected chi connectivity index (χ1v) is 7.71. The average Bonchev–Trinajstić information content (AvgIpc) is 2.54. The van der Waals surface area contributed by atoms with Crippen LogP contribution < -0.4 is 5.32 Å². The van der Waals surface area contributed by atoms with E-state index >= 15 is 0 Å². The number of carbonyl (C=O) groups is 3. The quantitative estimate of drug-likeness (QED) is 0.881. The van der Waals surface area contributed by atoms with E-state index in [4.69, 9.17) is 5.11 Å². The fraction of sp³-hybridized carbons (Fsp3) is 0.471. The molecule has 0 bridgehead atoms. The summed E-state index contributed by atoms with van der Waals surface area (Å²) >= 11 is 0. The third kappa shape index (κ3) is 3.88. The van der Waals surface area contributed by atoms with Gasteiger partial charge in [-0.2, -0.15) is 0 Å². The second-order valence-electron chi connectivity index (χ2n) is 6.29. The smallest absolute Gasteiger partial charge is 0.325 e. The van der Waals surface area contributed by atoms with Crippen molar-refractivity contribution in [2.24, 2.45) is 5.41 Å². The number of benzene rings is 1. The van der Waals surface area contributed by atoms with Crippen LogP contribution in [0.5, 0.6) is 0 Å². The lowest BCUT2D eigenvalue weighted by Crippen LogP contribution is -2.54. The van der Waals surface area contributed by atoms with Crippen molar-refractivity contribution in [1.29, 1.82) is 0 Å². The Balaban J connectivity index is 2.08. The number of amides is 2. The van der Waals surface area contributed by atoms with Gasteiger partial charge in [0.05, 0.1) is 5.41 Å². The van der Waals surface area contributed by atoms with Crippen LogP contribution in [0.3, 0.4) is 0 Å². The molecule has 2 N–H and O–H groups in total. The highest BCUT2D eigenvalue weighted by molar-refractivity contribution is 5.95. The number of carboxylic acids is 1. The summed E-state index contributed by atoms with van der Waals surface area (Å²) < 4.78 is 0. The molecular weight excluding hydrogens is 296 g/mol. The van der Waals surface area contributed by atoms with Crippen molar-refractivity contribution in [1.82, 2.24) is 10.2 Å². The van der Waals surface area contributed by atoms with Crippen LogP contribution in [0, 0.1) is 5.41 Å². The number of carboxylic acid groups (broad SMARTS) is 1. The molecule has 1 aromatic carbocycles. The Hall–Kier alpha value is -2.37. The van der Waals surface area contributed by atoms with Crippen molar-refractivity contribution in [3.8, 4) is 0 Å². The molecule has 2 rings (SSSR count). The fourth-order valence-electron chi connectivity index (χ4n) is 2.79. The molecular formula is C17H22N2O4. The van der Waals surface area contributed by atoms with Crippen LogP contribution >= 0.6 is 0 Å². The van der Waals surface area contributed by atoms with E-state index in [0.29, 0.717) is 31.5 Å². The SMILES string of the molecule is CC(NC(=O)C1(C)CCCN(C(=O)c2ccccc2)C1)C(=O)O. The van der Waals surface area contributed by atoms with Crippen molar-refractivity contribution in [2.45, 2.75) is 32.7 Å². The van der Waals surface area contributed by atoms with E-state index in [2.05, 4.69) is 5.32 Å². The van der Waals surface area contributed by atoms with Crippen LogP contribution in [0.1, 0.15) is 37.0 Å². The first-order valence-electron chi connectivity index (χ1n) is 7.71. The van der Waals surface area contributed by atoms with E-state index in [-0.39, 0.29) is 11.8 Å². The van der Waals surface area contributed by atoms with Crippen LogP contribution in [0.2, 0.25) is 0 Å². The molecule has 124 valence electrons. The maximum absolute atomic E-state index is 12.5. The van der Waals surface area contributed by atoms with Gasteiger partial charge >= 0.3 is 5.97 Å². The Morgan fingerprint density at radius 3 is 2.52 bits per heavy atom. The highest BCUT2D eigenvalue weighted by atomic mass is 16.4. The summed E-state index contributed by atoms with van der Waals surface area (Å²) in [6.45, 7) is 4.10. The fourth-order valence-corrected chi connectivity index (χ4v) is 2.79. The number of aliphatic carboxylic acids is 1. The molecule has 6 nitrogen and oxygen atoms in total. The summed E-state index contributed by atoms with van der Waals surface area (Å²) in [4.78, 5) is 37.5. The molecule has 2 atom stereocenters. The van der Waals surface area contributed by atoms with Gasteiger partial charge in [-0.1, -0.05) is 18.2 Å². The lowest BCUT2D eigenvalue weighted by atomic mass is 9.80. The molecule has 0 saturated carbocycles. The predicted octanol–water partition coefficient (Wildman–Crippen LogP) is 1.52. The van der Waals surface area contributed by atoms with Crippen molar-refractivity contribution in [3.63, 3.8) is 0 Å². The summed E-state index contributed by atoms with van der Waals surface area (Å²) in [6.07, 6.45) is 1.34. The molecule has 23 heavy (non-hydrogen) atoms. The molecule has 1 aliphatic heterocycles. The zero-order chi connectivity index (χ0) is 17.0. The van der Waals surface area contributed by atoms with Gasteiger partial charge in [-0.25, -0.2) is 0 Å². The van der Waals surface area contributed by atoms with Gasteiger partial charge in [-0.15, -0.1) is 0 Å². The Bertz CT molecular complexity index is 602. The molecule has 0 radical (unpaired) electrons. The minimum absolute atomic E-state index is 0.101. The molecule has 1 aliphatic rings. The van der Waals surface area contributed by atoms with Gasteiger partial charge < -0.3 is 15.3 Å². The van der Waals surface area contributed by atoms with E-state index in [0.717, 1.165) is 0 Å². The summed E-state index contributed by atoms with van der Waals surface area (Å²) in [5, 5.41) is 11.4. The third-order valence-electron chi connectivity index (χ3n) is 4.27. The Labute approximate surface area is 135 Å². The molecule has 2 unspecified atom stereocenters. The van der Waals surface area contributed by atoms with E-state index in [1.165, 1.54) is 6.92 Å². The van der Waals surface area contributed by atoms with Crippen molar-refractivity contribution < 1.29 is 19.5 Å². The zero-order valence-electron chi connectivity index (χ0n) is 13.4. The largest absolute Gasteiger partial charge is 0.480 e. The van der Waals surface area contributed by atoms with Gasteiger partial charge in [0.2, 0.25) is 5.91 Å². The van der Waals surface area contributed by atoms with Gasteiger partial charge in [-0.3, -0.25) is 14.4 Å². The molecule has 0 spiro atoms. The number of rotatable bonds is 4. The summed E-state index contributed by atoms with van der Waals surface area (Å²) in [6, 6.07) is 8.01. The number of carbonyl (C=O) groups excluding carboxylic acids is 2. The standard InChI is InChI=1S/C17H22N2O4/c1-12(15(21)22)18-16(23)17(2)9-6-10-19(11-17)14(20)13-7-4-3-5-8-13/h3-5,7-8,12H,6,9-11H2,1-2H3,(H,18,23)(H,21,22). The number of likely N-dealkylation sites (tertiary alicyclic amines) is 1. The number of piperidine rings is 1. The number of nitrogens with one attached hydrogen (secondary N) is 1. The van der Waals surface area contributed by atoms with Gasteiger partial charge in [0.1, 0.15) is 6.04 Å². The molecule has 2 amide bonds. The Morgan fingerprint density at radius 2 is 1.91 bits per heavy atom. The minimum Gasteiger partial charge on any atom is -0.480 e. The van der Waals surface area contributed by atoms with Gasteiger partial charge in [-0.05, 0) is 38.8 Å². The summed E-state index contributed by atoms with van der Waals surface area (Å²) in [5.41, 5.74) is -0.178. The first kappa shape index (κ1) is 17.0. The molecule has 6 heteroatoms. The van der Waals surface area contributed by atoms with Crippen LogP contribution in [0.25, 0.3) is 0 Å². The van der Waals surface area contributed by atoms with Crippen LogP contribution in [0.4, 0.5) is 0 Å². The highest BCUT2D eigenvalue weighted by Gasteiger charge is 2.40. The van der Waals surface area contributed by atoms with E-state index in [9.17, 15) is 14.4 Å². The molecule has 1 heterocycles. The topological polar surface area (TPSA) is 86.7 Å². The summed E-state index contributed by atoms with van der Waals surface area (Å²) in [7, 11) is 0. The highest BCUT2D eigenvalue weighted by Crippen LogP contribution is 2.30. The monoisotopic (exact) mass is 318 g/mol. The minimum atomic E-state index is -1.07.